The van der Waals surface area contributed by atoms with E-state index in [1.165, 1.54) is 4.90 Å². The number of hydrogen-bond acceptors (Lipinski definition) is 6. The number of aliphatic imine (C=N–C) groups is 1. The standard InChI is InChI=1S/C17H14Cl2N4O3/c1-2-26-12-8-6-11(7-9-12)20-17-15(23(24)25)14(16(18)19)22-10-4-3-5-13(22)21-17/h3-10,20H,2H2,1H3. The number of allylic oxidation sites excluding steroid dienone is 2. The van der Waals surface area contributed by atoms with Crippen molar-refractivity contribution in [3.05, 3.63) is 80.5 Å². The number of fused-ring (bicyclic) bond motifs is 1. The maximum atomic E-state index is 11.7. The highest BCUT2D eigenvalue weighted by Gasteiger charge is 2.36. The number of rotatable bonds is 5. The summed E-state index contributed by atoms with van der Waals surface area (Å²) in [6.45, 7) is 2.44. The van der Waals surface area contributed by atoms with E-state index in [2.05, 4.69) is 10.3 Å². The number of nitro groups is 1. The summed E-state index contributed by atoms with van der Waals surface area (Å²) in [4.78, 5) is 16.9. The summed E-state index contributed by atoms with van der Waals surface area (Å²) >= 11 is 11.9. The minimum atomic E-state index is -0.566. The Hall–Kier alpha value is -2.77. The van der Waals surface area contributed by atoms with Crippen molar-refractivity contribution in [2.24, 2.45) is 4.99 Å². The first-order valence-corrected chi connectivity index (χ1v) is 8.44. The fraction of sp³-hybridized carbons (Fsp3) is 0.118. The number of benzene rings is 1. The van der Waals surface area contributed by atoms with Crippen LogP contribution >= 0.6 is 23.2 Å². The average molecular weight is 393 g/mol. The normalized spacial score (nSPS) is 15.6. The van der Waals surface area contributed by atoms with Crippen molar-refractivity contribution >= 4 is 34.7 Å². The molecule has 26 heavy (non-hydrogen) atoms. The minimum absolute atomic E-state index is 0.0409. The lowest BCUT2D eigenvalue weighted by Gasteiger charge is -2.28. The van der Waals surface area contributed by atoms with Crippen LogP contribution in [0.1, 0.15) is 6.92 Å². The van der Waals surface area contributed by atoms with Crippen molar-refractivity contribution in [1.29, 1.82) is 0 Å². The number of amidine groups is 1. The van der Waals surface area contributed by atoms with Gasteiger partial charge in [-0.05, 0) is 43.3 Å². The lowest BCUT2D eigenvalue weighted by molar-refractivity contribution is -0.423. The predicted molar refractivity (Wildman–Crippen MR) is 102 cm³/mol. The van der Waals surface area contributed by atoms with Gasteiger partial charge < -0.3 is 10.1 Å². The van der Waals surface area contributed by atoms with Crippen molar-refractivity contribution in [2.45, 2.75) is 6.92 Å². The maximum absolute atomic E-state index is 11.7. The molecular formula is C17H14Cl2N4O3. The Bertz CT molecular complexity index is 882. The molecule has 1 aromatic carbocycles. The summed E-state index contributed by atoms with van der Waals surface area (Å²) in [5.74, 6) is 1.20. The number of hydrogen-bond donors (Lipinski definition) is 1. The smallest absolute Gasteiger partial charge is 0.338 e. The predicted octanol–water partition coefficient (Wildman–Crippen LogP) is 4.39. The maximum Gasteiger partial charge on any atom is 0.338 e. The summed E-state index contributed by atoms with van der Waals surface area (Å²) in [6.07, 6.45) is 6.78. The van der Waals surface area contributed by atoms with Crippen LogP contribution < -0.4 is 10.1 Å². The molecule has 0 fully saturated rings. The van der Waals surface area contributed by atoms with Crippen LogP contribution in [0.15, 0.2) is 75.4 Å². The molecule has 0 saturated carbocycles. The van der Waals surface area contributed by atoms with Crippen molar-refractivity contribution in [3.63, 3.8) is 0 Å². The van der Waals surface area contributed by atoms with Crippen LogP contribution in [0.25, 0.3) is 0 Å². The molecule has 0 unspecified atom stereocenters. The van der Waals surface area contributed by atoms with Crippen LogP contribution in [0.4, 0.5) is 5.69 Å². The van der Waals surface area contributed by atoms with E-state index in [1.54, 1.807) is 48.7 Å². The molecule has 9 heteroatoms. The Morgan fingerprint density at radius 1 is 1.31 bits per heavy atom. The number of nitrogens with zero attached hydrogens (tertiary/aromatic N) is 3. The van der Waals surface area contributed by atoms with Crippen LogP contribution in [0.2, 0.25) is 0 Å². The van der Waals surface area contributed by atoms with Crippen LogP contribution in [-0.2, 0) is 0 Å². The molecule has 0 amide bonds. The third-order valence-corrected chi connectivity index (χ3v) is 3.90. The molecule has 3 rings (SSSR count). The zero-order valence-corrected chi connectivity index (χ0v) is 15.2. The molecule has 0 saturated heterocycles. The fourth-order valence-electron chi connectivity index (χ4n) is 2.49. The fourth-order valence-corrected chi connectivity index (χ4v) is 2.85. The largest absolute Gasteiger partial charge is 0.494 e. The molecule has 0 bridgehead atoms. The first-order chi connectivity index (χ1) is 12.5. The number of halogens is 2. The van der Waals surface area contributed by atoms with E-state index in [4.69, 9.17) is 27.9 Å². The van der Waals surface area contributed by atoms with Gasteiger partial charge in [0.05, 0.1) is 11.5 Å². The molecule has 1 N–H and O–H groups in total. The van der Waals surface area contributed by atoms with E-state index < -0.39 is 4.92 Å². The second-order valence-electron chi connectivity index (χ2n) is 5.19. The molecule has 0 spiro atoms. The van der Waals surface area contributed by atoms with Gasteiger partial charge in [-0.15, -0.1) is 0 Å². The molecular weight excluding hydrogens is 379 g/mol. The Morgan fingerprint density at radius 2 is 2.04 bits per heavy atom. The van der Waals surface area contributed by atoms with Crippen LogP contribution in [0, 0.1) is 10.1 Å². The number of anilines is 1. The summed E-state index contributed by atoms with van der Waals surface area (Å²) in [5.41, 5.74) is 0.348. The summed E-state index contributed by atoms with van der Waals surface area (Å²) in [7, 11) is 0. The summed E-state index contributed by atoms with van der Waals surface area (Å²) < 4.78 is 5.16. The Morgan fingerprint density at radius 3 is 2.65 bits per heavy atom. The highest BCUT2D eigenvalue weighted by atomic mass is 35.5. The number of nitrogens with one attached hydrogen (secondary N) is 1. The molecule has 7 nitrogen and oxygen atoms in total. The van der Waals surface area contributed by atoms with E-state index in [-0.39, 0.29) is 21.7 Å². The van der Waals surface area contributed by atoms with E-state index in [0.29, 0.717) is 23.9 Å². The second kappa shape index (κ2) is 7.63. The first kappa shape index (κ1) is 18.0. The van der Waals surface area contributed by atoms with Crippen molar-refractivity contribution in [1.82, 2.24) is 4.90 Å². The summed E-state index contributed by atoms with van der Waals surface area (Å²) in [5, 5.41) is 14.6. The Balaban J connectivity index is 2.04. The topological polar surface area (TPSA) is 80.0 Å². The van der Waals surface area contributed by atoms with Crippen LogP contribution in [0.5, 0.6) is 5.75 Å². The van der Waals surface area contributed by atoms with Gasteiger partial charge in [0.1, 0.15) is 16.1 Å². The van der Waals surface area contributed by atoms with Gasteiger partial charge in [-0.3, -0.25) is 15.0 Å². The van der Waals surface area contributed by atoms with Gasteiger partial charge in [0.15, 0.2) is 5.70 Å². The monoisotopic (exact) mass is 392 g/mol. The van der Waals surface area contributed by atoms with Gasteiger partial charge in [-0.1, -0.05) is 29.3 Å². The first-order valence-electron chi connectivity index (χ1n) is 7.68. The zero-order valence-electron chi connectivity index (χ0n) is 13.6. The number of ether oxygens (including phenoxy) is 1. The Kier molecular flexibility index (Phi) is 5.29. The molecule has 134 valence electrons. The quantitative estimate of drug-likeness (QED) is 0.593. The van der Waals surface area contributed by atoms with Crippen molar-refractivity contribution in [2.75, 3.05) is 11.9 Å². The molecule has 2 aliphatic heterocycles. The van der Waals surface area contributed by atoms with Gasteiger partial charge in [-0.25, -0.2) is 4.99 Å². The molecule has 0 aromatic heterocycles. The Labute approximate surface area is 159 Å². The molecule has 2 heterocycles. The summed E-state index contributed by atoms with van der Waals surface area (Å²) in [6, 6.07) is 7.00. The van der Waals surface area contributed by atoms with Gasteiger partial charge in [-0.2, -0.15) is 0 Å². The van der Waals surface area contributed by atoms with E-state index >= 15 is 0 Å². The molecule has 1 aromatic rings. The van der Waals surface area contributed by atoms with E-state index in [9.17, 15) is 10.1 Å². The lowest BCUT2D eigenvalue weighted by Crippen LogP contribution is -2.33. The molecule has 2 aliphatic rings. The highest BCUT2D eigenvalue weighted by molar-refractivity contribution is 6.56. The van der Waals surface area contributed by atoms with E-state index in [0.717, 1.165) is 0 Å². The molecule has 0 atom stereocenters. The molecule has 0 radical (unpaired) electrons. The zero-order chi connectivity index (χ0) is 18.7. The second-order valence-corrected chi connectivity index (χ2v) is 6.14. The van der Waals surface area contributed by atoms with Crippen LogP contribution in [0.3, 0.4) is 0 Å². The minimum Gasteiger partial charge on any atom is -0.494 e. The lowest BCUT2D eigenvalue weighted by atomic mass is 10.2. The van der Waals surface area contributed by atoms with Gasteiger partial charge in [0, 0.05) is 11.9 Å². The molecule has 0 aliphatic carbocycles. The van der Waals surface area contributed by atoms with Gasteiger partial charge in [0.25, 0.3) is 0 Å². The van der Waals surface area contributed by atoms with Gasteiger partial charge in [0.2, 0.25) is 5.82 Å². The SMILES string of the molecule is CCOc1ccc(NC2=C([N+](=O)[O-])C(=C(Cl)Cl)N3C=CC=CC3=N2)cc1. The third kappa shape index (κ3) is 3.58. The highest BCUT2D eigenvalue weighted by Crippen LogP contribution is 2.34. The van der Waals surface area contributed by atoms with Crippen molar-refractivity contribution in [3.8, 4) is 5.75 Å². The average Bonchev–Trinajstić information content (AvgIpc) is 2.62. The van der Waals surface area contributed by atoms with Crippen molar-refractivity contribution < 1.29 is 9.66 Å². The van der Waals surface area contributed by atoms with Crippen LogP contribution in [-0.4, -0.2) is 22.3 Å². The van der Waals surface area contributed by atoms with E-state index in [1.807, 2.05) is 6.92 Å². The van der Waals surface area contributed by atoms with Gasteiger partial charge >= 0.3 is 5.70 Å². The third-order valence-electron chi connectivity index (χ3n) is 3.54.